The maximum atomic E-state index is 9.59. The third-order valence-electron chi connectivity index (χ3n) is 4.15. The highest BCUT2D eigenvalue weighted by atomic mass is 35.5. The zero-order valence-corrected chi connectivity index (χ0v) is 15.6. The van der Waals surface area contributed by atoms with Crippen molar-refractivity contribution >= 4 is 38.1 Å². The van der Waals surface area contributed by atoms with Crippen LogP contribution in [0.25, 0.3) is 15.2 Å². The van der Waals surface area contributed by atoms with E-state index in [0.717, 1.165) is 21.3 Å². The van der Waals surface area contributed by atoms with Gasteiger partial charge in [0.1, 0.15) is 11.8 Å². The summed E-state index contributed by atoms with van der Waals surface area (Å²) < 4.78 is 8.55. The fraction of sp³-hybridized carbons (Fsp3) is 0.105. The van der Waals surface area contributed by atoms with Gasteiger partial charge in [-0.3, -0.25) is 9.81 Å². The van der Waals surface area contributed by atoms with Gasteiger partial charge < -0.3 is 4.74 Å². The highest BCUT2D eigenvalue weighted by molar-refractivity contribution is 7.23. The number of aromatic nitrogens is 2. The van der Waals surface area contributed by atoms with Crippen molar-refractivity contribution in [1.82, 2.24) is 9.38 Å². The summed E-state index contributed by atoms with van der Waals surface area (Å²) in [6.45, 7) is 4.02. The van der Waals surface area contributed by atoms with Crippen LogP contribution in [-0.4, -0.2) is 9.38 Å². The molecule has 0 atom stereocenters. The smallest absolute Gasteiger partial charge is 0.243 e. The van der Waals surface area contributed by atoms with Crippen molar-refractivity contribution in [1.29, 1.82) is 10.7 Å². The van der Waals surface area contributed by atoms with E-state index in [1.807, 2.05) is 26.0 Å². The Morgan fingerprint density at radius 1 is 1.15 bits per heavy atom. The maximum absolute atomic E-state index is 9.59. The highest BCUT2D eigenvalue weighted by Gasteiger charge is 2.18. The van der Waals surface area contributed by atoms with Crippen molar-refractivity contribution in [3.05, 3.63) is 63.6 Å². The van der Waals surface area contributed by atoms with E-state index in [9.17, 15) is 5.26 Å². The van der Waals surface area contributed by atoms with Crippen molar-refractivity contribution < 1.29 is 4.74 Å². The van der Waals surface area contributed by atoms with Crippen LogP contribution in [-0.2, 0) is 0 Å². The molecular formula is C19H13ClN4OS. The van der Waals surface area contributed by atoms with Crippen molar-refractivity contribution in [2.24, 2.45) is 0 Å². The molecular weight excluding hydrogens is 368 g/mol. The third-order valence-corrected chi connectivity index (χ3v) is 5.58. The summed E-state index contributed by atoms with van der Waals surface area (Å²) in [6.07, 6.45) is 0. The Balaban J connectivity index is 2.01. The van der Waals surface area contributed by atoms with Gasteiger partial charge in [-0.1, -0.05) is 35.1 Å². The summed E-state index contributed by atoms with van der Waals surface area (Å²) in [5.74, 6) is 0.636. The van der Waals surface area contributed by atoms with E-state index < -0.39 is 0 Å². The van der Waals surface area contributed by atoms with E-state index in [4.69, 9.17) is 21.7 Å². The Hall–Kier alpha value is -2.88. The normalized spacial score (nSPS) is 11.0. The summed E-state index contributed by atoms with van der Waals surface area (Å²) in [4.78, 5) is 5.14. The molecule has 1 N–H and O–H groups in total. The number of ether oxygens (including phenoxy) is 1. The molecule has 0 fully saturated rings. The first-order chi connectivity index (χ1) is 12.5. The van der Waals surface area contributed by atoms with Crippen molar-refractivity contribution in [3.63, 3.8) is 0 Å². The molecule has 0 amide bonds. The number of halogens is 1. The lowest BCUT2D eigenvalue weighted by Crippen LogP contribution is -2.18. The summed E-state index contributed by atoms with van der Waals surface area (Å²) in [5, 5.41) is 18.7. The molecule has 0 unspecified atom stereocenters. The molecule has 0 radical (unpaired) electrons. The third kappa shape index (κ3) is 2.53. The van der Waals surface area contributed by atoms with Crippen molar-refractivity contribution in [2.45, 2.75) is 13.8 Å². The molecule has 0 spiro atoms. The summed E-state index contributed by atoms with van der Waals surface area (Å²) in [6, 6.07) is 12.9. The lowest BCUT2D eigenvalue weighted by atomic mass is 10.1. The van der Waals surface area contributed by atoms with Gasteiger partial charge in [0.25, 0.3) is 0 Å². The molecule has 0 aliphatic heterocycles. The molecule has 5 nitrogen and oxygen atoms in total. The van der Waals surface area contributed by atoms with Crippen LogP contribution in [0.4, 0.5) is 0 Å². The minimum Gasteiger partial charge on any atom is -0.437 e. The molecule has 0 aliphatic rings. The lowest BCUT2D eigenvalue weighted by molar-refractivity contribution is 0.460. The standard InChI is InChI=1S/C19H13ClN4OS/c1-10-3-4-11(2)16-15(10)24-17(22)14(9-21)18(23-19(24)26-16)25-13-7-5-12(20)6-8-13/h3-8,22H,1-2H3. The molecule has 0 saturated heterocycles. The van der Waals surface area contributed by atoms with E-state index in [-0.39, 0.29) is 16.9 Å². The van der Waals surface area contributed by atoms with Crippen LogP contribution in [0.2, 0.25) is 5.02 Å². The highest BCUT2D eigenvalue weighted by Crippen LogP contribution is 2.32. The van der Waals surface area contributed by atoms with Crippen LogP contribution in [0, 0.1) is 30.6 Å². The van der Waals surface area contributed by atoms with Gasteiger partial charge in [0.15, 0.2) is 16.0 Å². The molecule has 7 heteroatoms. The molecule has 2 aromatic heterocycles. The first-order valence-corrected chi connectivity index (χ1v) is 9.02. The first kappa shape index (κ1) is 16.6. The Bertz CT molecular complexity index is 1270. The van der Waals surface area contributed by atoms with Crippen molar-refractivity contribution in [2.75, 3.05) is 0 Å². The van der Waals surface area contributed by atoms with Crippen LogP contribution >= 0.6 is 22.9 Å². The van der Waals surface area contributed by atoms with Gasteiger partial charge in [0.05, 0.1) is 10.2 Å². The van der Waals surface area contributed by atoms with Gasteiger partial charge in [0, 0.05) is 5.02 Å². The number of hydrogen-bond donors (Lipinski definition) is 1. The van der Waals surface area contributed by atoms with E-state index in [1.54, 1.807) is 28.7 Å². The average molecular weight is 381 g/mol. The Labute approximate surface area is 158 Å². The second kappa shape index (κ2) is 6.13. The van der Waals surface area contributed by atoms with E-state index in [1.165, 1.54) is 11.3 Å². The van der Waals surface area contributed by atoms with Gasteiger partial charge in [-0.2, -0.15) is 10.2 Å². The average Bonchev–Trinajstić information content (AvgIpc) is 3.01. The number of nitrogens with zero attached hydrogens (tertiary/aromatic N) is 3. The lowest BCUT2D eigenvalue weighted by Gasteiger charge is -2.08. The van der Waals surface area contributed by atoms with Crippen LogP contribution in [0.3, 0.4) is 0 Å². The zero-order valence-electron chi connectivity index (χ0n) is 14.0. The number of rotatable bonds is 2. The molecule has 4 aromatic rings. The second-order valence-corrected chi connectivity index (χ2v) is 7.32. The van der Waals surface area contributed by atoms with Gasteiger partial charge in [-0.25, -0.2) is 0 Å². The van der Waals surface area contributed by atoms with E-state index in [2.05, 4.69) is 11.1 Å². The summed E-state index contributed by atoms with van der Waals surface area (Å²) in [5.41, 5.74) is 3.23. The minimum absolute atomic E-state index is 0.0708. The Kier molecular flexibility index (Phi) is 3.91. The number of hydrogen-bond acceptors (Lipinski definition) is 5. The van der Waals surface area contributed by atoms with Crippen LogP contribution < -0.4 is 10.2 Å². The molecule has 4 rings (SSSR count). The van der Waals surface area contributed by atoms with E-state index >= 15 is 0 Å². The number of benzene rings is 2. The topological polar surface area (TPSA) is 74.2 Å². The van der Waals surface area contributed by atoms with Gasteiger partial charge in [-0.05, 0) is 49.2 Å². The molecule has 0 bridgehead atoms. The number of fused-ring (bicyclic) bond motifs is 3. The molecule has 2 aromatic carbocycles. The van der Waals surface area contributed by atoms with Gasteiger partial charge in [-0.15, -0.1) is 0 Å². The quantitative estimate of drug-likeness (QED) is 0.534. The zero-order chi connectivity index (χ0) is 18.4. The van der Waals surface area contributed by atoms with Crippen LogP contribution in [0.5, 0.6) is 11.6 Å². The predicted molar refractivity (Wildman–Crippen MR) is 102 cm³/mol. The Morgan fingerprint density at radius 3 is 2.54 bits per heavy atom. The number of nitriles is 1. The number of nitrogens with one attached hydrogen (secondary N) is 1. The molecule has 128 valence electrons. The SMILES string of the molecule is Cc1ccc(C)c2c1sc1nc(Oc3ccc(Cl)cc3)c(C#N)c(=N)n12. The predicted octanol–water partition coefficient (Wildman–Crippen LogP) is 4.96. The molecule has 0 saturated carbocycles. The summed E-state index contributed by atoms with van der Waals surface area (Å²) in [7, 11) is 0. The largest absolute Gasteiger partial charge is 0.437 e. The van der Waals surface area contributed by atoms with E-state index in [0.29, 0.717) is 15.7 Å². The maximum Gasteiger partial charge on any atom is 0.243 e. The fourth-order valence-electron chi connectivity index (χ4n) is 2.83. The molecule has 26 heavy (non-hydrogen) atoms. The summed E-state index contributed by atoms with van der Waals surface area (Å²) >= 11 is 7.38. The van der Waals surface area contributed by atoms with Crippen LogP contribution in [0.1, 0.15) is 16.7 Å². The minimum atomic E-state index is 0.0708. The second-order valence-electron chi connectivity index (χ2n) is 5.91. The number of aryl methyl sites for hydroxylation is 2. The number of thiazole rings is 1. The molecule has 2 heterocycles. The fourth-order valence-corrected chi connectivity index (χ4v) is 4.12. The van der Waals surface area contributed by atoms with Crippen molar-refractivity contribution in [3.8, 4) is 17.7 Å². The first-order valence-electron chi connectivity index (χ1n) is 7.83. The molecule has 0 aliphatic carbocycles. The Morgan fingerprint density at radius 2 is 1.85 bits per heavy atom. The van der Waals surface area contributed by atoms with Gasteiger partial charge in [0.2, 0.25) is 5.88 Å². The monoisotopic (exact) mass is 380 g/mol. The van der Waals surface area contributed by atoms with Gasteiger partial charge >= 0.3 is 0 Å². The van der Waals surface area contributed by atoms with Crippen LogP contribution in [0.15, 0.2) is 36.4 Å².